The van der Waals surface area contributed by atoms with Gasteiger partial charge in [-0.25, -0.2) is 0 Å². The molecular formula is C14H9N3O2S. The van der Waals surface area contributed by atoms with Gasteiger partial charge in [-0.3, -0.25) is 0 Å². The molecule has 0 aliphatic heterocycles. The molecule has 2 aromatic heterocycles. The number of hydrogen-bond acceptors (Lipinski definition) is 6. The lowest BCUT2D eigenvalue weighted by Crippen LogP contribution is -1.86. The van der Waals surface area contributed by atoms with E-state index in [9.17, 15) is 0 Å². The van der Waals surface area contributed by atoms with Gasteiger partial charge in [0, 0.05) is 5.75 Å². The van der Waals surface area contributed by atoms with E-state index in [1.807, 2.05) is 18.2 Å². The van der Waals surface area contributed by atoms with Crippen molar-refractivity contribution in [1.82, 2.24) is 10.2 Å². The Morgan fingerprint density at radius 3 is 2.90 bits per heavy atom. The van der Waals surface area contributed by atoms with Gasteiger partial charge in [0.1, 0.15) is 6.26 Å². The van der Waals surface area contributed by atoms with Gasteiger partial charge in [-0.15, -0.1) is 10.2 Å². The molecule has 0 atom stereocenters. The summed E-state index contributed by atoms with van der Waals surface area (Å²) >= 11 is 1.40. The first-order chi connectivity index (χ1) is 9.86. The Hall–Kier alpha value is -2.52. The highest BCUT2D eigenvalue weighted by molar-refractivity contribution is 7.98. The second kappa shape index (κ2) is 5.63. The molecule has 2 heterocycles. The molecule has 0 radical (unpaired) electrons. The van der Waals surface area contributed by atoms with Gasteiger partial charge in [-0.2, -0.15) is 5.26 Å². The molecule has 1 aromatic carbocycles. The summed E-state index contributed by atoms with van der Waals surface area (Å²) in [6.07, 6.45) is 3.10. The van der Waals surface area contributed by atoms with Gasteiger partial charge >= 0.3 is 0 Å². The van der Waals surface area contributed by atoms with E-state index < -0.39 is 0 Å². The maximum Gasteiger partial charge on any atom is 0.277 e. The predicted molar refractivity (Wildman–Crippen MR) is 72.7 cm³/mol. The standard InChI is InChI=1S/C14H9N3O2S/c15-7-10-3-1-2-4-12(10)9-20-14-17-16-13(19-14)11-5-6-18-8-11/h1-6,8H,9H2. The van der Waals surface area contributed by atoms with Gasteiger partial charge in [0.05, 0.1) is 23.5 Å². The van der Waals surface area contributed by atoms with E-state index in [-0.39, 0.29) is 0 Å². The van der Waals surface area contributed by atoms with E-state index in [1.165, 1.54) is 11.8 Å². The average Bonchev–Trinajstić information content (AvgIpc) is 3.16. The first-order valence-electron chi connectivity index (χ1n) is 5.83. The largest absolute Gasteiger partial charge is 0.472 e. The van der Waals surface area contributed by atoms with Crippen molar-refractivity contribution >= 4 is 11.8 Å². The minimum Gasteiger partial charge on any atom is -0.472 e. The third-order valence-electron chi connectivity index (χ3n) is 2.66. The molecule has 0 N–H and O–H groups in total. The quantitative estimate of drug-likeness (QED) is 0.682. The van der Waals surface area contributed by atoms with Crippen molar-refractivity contribution in [2.45, 2.75) is 11.0 Å². The summed E-state index contributed by atoms with van der Waals surface area (Å²) in [6, 6.07) is 11.4. The van der Waals surface area contributed by atoms with Gasteiger partial charge in [0.2, 0.25) is 0 Å². The molecule has 5 nitrogen and oxygen atoms in total. The molecule has 0 spiro atoms. The van der Waals surface area contributed by atoms with Crippen LogP contribution in [0.15, 0.2) is 56.9 Å². The molecular weight excluding hydrogens is 274 g/mol. The summed E-state index contributed by atoms with van der Waals surface area (Å²) in [4.78, 5) is 0. The van der Waals surface area contributed by atoms with Crippen LogP contribution in [0.25, 0.3) is 11.5 Å². The van der Waals surface area contributed by atoms with Crippen LogP contribution < -0.4 is 0 Å². The molecule has 0 unspecified atom stereocenters. The molecule has 0 aliphatic carbocycles. The lowest BCUT2D eigenvalue weighted by atomic mass is 10.1. The Balaban J connectivity index is 1.72. The second-order valence-corrected chi connectivity index (χ2v) is 4.87. The van der Waals surface area contributed by atoms with Gasteiger partial charge < -0.3 is 8.83 Å². The summed E-state index contributed by atoms with van der Waals surface area (Å²) in [5, 5.41) is 17.4. The van der Waals surface area contributed by atoms with E-state index >= 15 is 0 Å². The fourth-order valence-corrected chi connectivity index (χ4v) is 2.43. The highest BCUT2D eigenvalue weighted by Gasteiger charge is 2.11. The van der Waals surface area contributed by atoms with Crippen LogP contribution in [-0.4, -0.2) is 10.2 Å². The summed E-state index contributed by atoms with van der Waals surface area (Å²) < 4.78 is 10.5. The zero-order valence-corrected chi connectivity index (χ0v) is 11.1. The van der Waals surface area contributed by atoms with Gasteiger partial charge in [-0.05, 0) is 17.7 Å². The molecule has 6 heteroatoms. The lowest BCUT2D eigenvalue weighted by Gasteiger charge is -2.00. The van der Waals surface area contributed by atoms with Crippen LogP contribution in [-0.2, 0) is 5.75 Å². The summed E-state index contributed by atoms with van der Waals surface area (Å²) in [5.74, 6) is 1.03. The minimum atomic E-state index is 0.426. The number of furan rings is 1. The third-order valence-corrected chi connectivity index (χ3v) is 3.53. The Bertz CT molecular complexity index is 744. The van der Waals surface area contributed by atoms with Crippen LogP contribution in [0.4, 0.5) is 0 Å². The molecule has 0 amide bonds. The number of rotatable bonds is 4. The number of nitriles is 1. The zero-order valence-electron chi connectivity index (χ0n) is 10.3. The van der Waals surface area contributed by atoms with Crippen molar-refractivity contribution in [3.63, 3.8) is 0 Å². The van der Waals surface area contributed by atoms with E-state index in [2.05, 4.69) is 16.3 Å². The van der Waals surface area contributed by atoms with Crippen LogP contribution in [0.2, 0.25) is 0 Å². The second-order valence-electron chi connectivity index (χ2n) is 3.94. The molecule has 0 saturated heterocycles. The number of hydrogen-bond donors (Lipinski definition) is 0. The first-order valence-corrected chi connectivity index (χ1v) is 6.82. The molecule has 0 saturated carbocycles. The SMILES string of the molecule is N#Cc1ccccc1CSc1nnc(-c2ccoc2)o1. The number of aromatic nitrogens is 2. The summed E-state index contributed by atoms with van der Waals surface area (Å²) in [7, 11) is 0. The highest BCUT2D eigenvalue weighted by atomic mass is 32.2. The van der Waals surface area contributed by atoms with Crippen LogP contribution in [0.1, 0.15) is 11.1 Å². The molecule has 0 aliphatic rings. The molecule has 0 fully saturated rings. The van der Waals surface area contributed by atoms with Crippen molar-refractivity contribution in [3.05, 3.63) is 54.0 Å². The first kappa shape index (κ1) is 12.5. The topological polar surface area (TPSA) is 75.8 Å². The zero-order chi connectivity index (χ0) is 13.8. The van der Waals surface area contributed by atoms with E-state index in [4.69, 9.17) is 14.1 Å². The summed E-state index contributed by atoms with van der Waals surface area (Å²) in [6.45, 7) is 0. The molecule has 0 bridgehead atoms. The Labute approximate surface area is 119 Å². The van der Waals surface area contributed by atoms with Crippen molar-refractivity contribution < 1.29 is 8.83 Å². The fourth-order valence-electron chi connectivity index (χ4n) is 1.67. The van der Waals surface area contributed by atoms with Crippen LogP contribution in [0.3, 0.4) is 0 Å². The van der Waals surface area contributed by atoms with E-state index in [0.29, 0.717) is 22.4 Å². The average molecular weight is 283 g/mol. The Kier molecular flexibility index (Phi) is 3.52. The van der Waals surface area contributed by atoms with Crippen LogP contribution in [0.5, 0.6) is 0 Å². The van der Waals surface area contributed by atoms with Crippen LogP contribution >= 0.6 is 11.8 Å². The molecule has 98 valence electrons. The van der Waals surface area contributed by atoms with Crippen molar-refractivity contribution in [1.29, 1.82) is 5.26 Å². The van der Waals surface area contributed by atoms with Gasteiger partial charge in [-0.1, -0.05) is 30.0 Å². The van der Waals surface area contributed by atoms with Crippen molar-refractivity contribution in [3.8, 4) is 17.5 Å². The summed E-state index contributed by atoms with van der Waals surface area (Å²) in [5.41, 5.74) is 2.36. The number of thioether (sulfide) groups is 1. The van der Waals surface area contributed by atoms with Gasteiger partial charge in [0.25, 0.3) is 11.1 Å². The number of benzene rings is 1. The Morgan fingerprint density at radius 2 is 2.10 bits per heavy atom. The van der Waals surface area contributed by atoms with Crippen LogP contribution in [0, 0.1) is 11.3 Å². The maximum absolute atomic E-state index is 9.02. The normalized spacial score (nSPS) is 10.3. The monoisotopic (exact) mass is 283 g/mol. The molecule has 20 heavy (non-hydrogen) atoms. The lowest BCUT2D eigenvalue weighted by molar-refractivity contribution is 0.465. The smallest absolute Gasteiger partial charge is 0.277 e. The predicted octanol–water partition coefficient (Wildman–Crippen LogP) is 3.49. The van der Waals surface area contributed by atoms with E-state index in [0.717, 1.165) is 11.1 Å². The van der Waals surface area contributed by atoms with E-state index in [1.54, 1.807) is 24.7 Å². The minimum absolute atomic E-state index is 0.426. The highest BCUT2D eigenvalue weighted by Crippen LogP contribution is 2.26. The number of nitrogens with zero attached hydrogens (tertiary/aromatic N) is 3. The molecule has 3 rings (SSSR count). The van der Waals surface area contributed by atoms with Crippen molar-refractivity contribution in [2.75, 3.05) is 0 Å². The Morgan fingerprint density at radius 1 is 1.20 bits per heavy atom. The molecule has 3 aromatic rings. The fraction of sp³-hybridized carbons (Fsp3) is 0.0714. The maximum atomic E-state index is 9.02. The van der Waals surface area contributed by atoms with Gasteiger partial charge in [0.15, 0.2) is 0 Å². The van der Waals surface area contributed by atoms with Crippen molar-refractivity contribution in [2.24, 2.45) is 0 Å². The third kappa shape index (κ3) is 2.58.